The Bertz CT molecular complexity index is 297. The highest BCUT2D eigenvalue weighted by atomic mass is 32.1. The van der Waals surface area contributed by atoms with Crippen molar-refractivity contribution in [3.8, 4) is 0 Å². The fraction of sp³-hybridized carbons (Fsp3) is 0.583. The Morgan fingerprint density at radius 2 is 2.07 bits per heavy atom. The van der Waals surface area contributed by atoms with Crippen LogP contribution in [-0.4, -0.2) is 4.98 Å². The molecule has 1 heterocycles. The first kappa shape index (κ1) is 11.4. The van der Waals surface area contributed by atoms with Crippen molar-refractivity contribution in [3.05, 3.63) is 22.2 Å². The Balaban J connectivity index is 2.55. The molecule has 1 nitrogen and oxygen atoms in total. The maximum Gasteiger partial charge on any atom is 0.115 e. The molecule has 1 aromatic heterocycles. The summed E-state index contributed by atoms with van der Waals surface area (Å²) in [6, 6.07) is 0. The molecule has 14 heavy (non-hydrogen) atoms. The van der Waals surface area contributed by atoms with Gasteiger partial charge in [0.2, 0.25) is 0 Å². The van der Waals surface area contributed by atoms with Gasteiger partial charge in [-0.05, 0) is 24.3 Å². The minimum Gasteiger partial charge on any atom is -0.245 e. The van der Waals surface area contributed by atoms with Crippen LogP contribution in [0.1, 0.15) is 49.9 Å². The van der Waals surface area contributed by atoms with Gasteiger partial charge in [0.1, 0.15) is 5.01 Å². The second-order valence-corrected chi connectivity index (χ2v) is 5.38. The van der Waals surface area contributed by atoms with Crippen LogP contribution in [0.3, 0.4) is 0 Å². The van der Waals surface area contributed by atoms with Crippen LogP contribution >= 0.6 is 11.3 Å². The highest BCUT2D eigenvalue weighted by molar-refractivity contribution is 7.12. The number of nitrogens with zero attached hydrogens (tertiary/aromatic N) is 1. The van der Waals surface area contributed by atoms with Crippen molar-refractivity contribution in [2.45, 2.75) is 40.0 Å². The van der Waals surface area contributed by atoms with Gasteiger partial charge in [-0.2, -0.15) is 0 Å². The van der Waals surface area contributed by atoms with Gasteiger partial charge < -0.3 is 0 Å². The molecule has 0 saturated carbocycles. The van der Waals surface area contributed by atoms with Crippen LogP contribution in [0.2, 0.25) is 0 Å². The van der Waals surface area contributed by atoms with Gasteiger partial charge in [-0.1, -0.05) is 33.8 Å². The summed E-state index contributed by atoms with van der Waals surface area (Å²) in [4.78, 5) is 5.74. The zero-order valence-corrected chi connectivity index (χ0v) is 10.3. The maximum absolute atomic E-state index is 4.37. The van der Waals surface area contributed by atoms with Crippen LogP contribution in [0.5, 0.6) is 0 Å². The van der Waals surface area contributed by atoms with Crippen molar-refractivity contribution in [1.82, 2.24) is 4.98 Å². The van der Waals surface area contributed by atoms with E-state index in [0.717, 1.165) is 17.3 Å². The summed E-state index contributed by atoms with van der Waals surface area (Å²) in [5.41, 5.74) is 0. The SMILES string of the molecule is CC(C)C/C=C/c1ncc(C(C)C)s1. The monoisotopic (exact) mass is 209 g/mol. The van der Waals surface area contributed by atoms with E-state index >= 15 is 0 Å². The Morgan fingerprint density at radius 1 is 1.36 bits per heavy atom. The van der Waals surface area contributed by atoms with Crippen molar-refractivity contribution in [2.24, 2.45) is 5.92 Å². The van der Waals surface area contributed by atoms with Crippen LogP contribution in [-0.2, 0) is 0 Å². The lowest BCUT2D eigenvalue weighted by molar-refractivity contribution is 0.665. The van der Waals surface area contributed by atoms with Gasteiger partial charge in [-0.25, -0.2) is 4.98 Å². The molecule has 0 aliphatic heterocycles. The van der Waals surface area contributed by atoms with Gasteiger partial charge in [0, 0.05) is 11.1 Å². The molecule has 1 aromatic rings. The first-order chi connectivity index (χ1) is 6.59. The molecule has 1 rings (SSSR count). The molecule has 78 valence electrons. The predicted molar refractivity (Wildman–Crippen MR) is 64.7 cm³/mol. The fourth-order valence-corrected chi connectivity index (χ4v) is 1.94. The van der Waals surface area contributed by atoms with Gasteiger partial charge in [0.05, 0.1) is 0 Å². The van der Waals surface area contributed by atoms with Crippen molar-refractivity contribution in [2.75, 3.05) is 0 Å². The summed E-state index contributed by atoms with van der Waals surface area (Å²) in [7, 11) is 0. The molecule has 0 aliphatic rings. The second kappa shape index (κ2) is 5.30. The van der Waals surface area contributed by atoms with Crippen molar-refractivity contribution >= 4 is 17.4 Å². The number of allylic oxidation sites excluding steroid dienone is 1. The third-order valence-electron chi connectivity index (χ3n) is 1.98. The highest BCUT2D eigenvalue weighted by Gasteiger charge is 2.02. The molecule has 0 amide bonds. The smallest absolute Gasteiger partial charge is 0.115 e. The zero-order valence-electron chi connectivity index (χ0n) is 9.45. The third-order valence-corrected chi connectivity index (χ3v) is 3.24. The zero-order chi connectivity index (χ0) is 10.6. The van der Waals surface area contributed by atoms with Crippen LogP contribution in [0.4, 0.5) is 0 Å². The molecule has 0 aromatic carbocycles. The lowest BCUT2D eigenvalue weighted by Gasteiger charge is -1.96. The maximum atomic E-state index is 4.37. The van der Waals surface area contributed by atoms with Crippen LogP contribution in [0, 0.1) is 5.92 Å². The molecule has 0 spiro atoms. The van der Waals surface area contributed by atoms with Crippen LogP contribution in [0.15, 0.2) is 12.3 Å². The molecule has 0 atom stereocenters. The normalized spacial score (nSPS) is 12.1. The van der Waals surface area contributed by atoms with E-state index < -0.39 is 0 Å². The van der Waals surface area contributed by atoms with Gasteiger partial charge in [0.15, 0.2) is 0 Å². The largest absolute Gasteiger partial charge is 0.245 e. The molecule has 2 heteroatoms. The Kier molecular flexibility index (Phi) is 4.33. The number of hydrogen-bond acceptors (Lipinski definition) is 2. The summed E-state index contributed by atoms with van der Waals surface area (Å²) in [5.74, 6) is 1.33. The molecule has 0 saturated heterocycles. The summed E-state index contributed by atoms with van der Waals surface area (Å²) >= 11 is 1.79. The van der Waals surface area contributed by atoms with Gasteiger partial charge in [-0.15, -0.1) is 11.3 Å². The molecule has 0 fully saturated rings. The molecule has 0 bridgehead atoms. The Morgan fingerprint density at radius 3 is 2.57 bits per heavy atom. The summed E-state index contributed by atoms with van der Waals surface area (Å²) in [6.45, 7) is 8.86. The van der Waals surface area contributed by atoms with E-state index in [1.807, 2.05) is 6.20 Å². The Labute approximate surface area is 90.9 Å². The molecule has 0 aliphatic carbocycles. The first-order valence-corrected chi connectivity index (χ1v) is 6.03. The van der Waals surface area contributed by atoms with E-state index in [2.05, 4.69) is 44.8 Å². The van der Waals surface area contributed by atoms with Crippen molar-refractivity contribution in [3.63, 3.8) is 0 Å². The number of thiazole rings is 1. The quantitative estimate of drug-likeness (QED) is 0.719. The van der Waals surface area contributed by atoms with E-state index in [4.69, 9.17) is 0 Å². The number of rotatable bonds is 4. The lowest BCUT2D eigenvalue weighted by Crippen LogP contribution is -1.80. The van der Waals surface area contributed by atoms with Gasteiger partial charge in [0.25, 0.3) is 0 Å². The highest BCUT2D eigenvalue weighted by Crippen LogP contribution is 2.22. The average Bonchev–Trinajstić information content (AvgIpc) is 2.52. The molecule has 0 unspecified atom stereocenters. The van der Waals surface area contributed by atoms with E-state index in [9.17, 15) is 0 Å². The topological polar surface area (TPSA) is 12.9 Å². The summed E-state index contributed by atoms with van der Waals surface area (Å²) in [6.07, 6.45) is 7.48. The van der Waals surface area contributed by atoms with E-state index in [1.54, 1.807) is 11.3 Å². The minimum atomic E-state index is 0.597. The van der Waals surface area contributed by atoms with Crippen LogP contribution in [0.25, 0.3) is 6.08 Å². The Hall–Kier alpha value is -0.630. The minimum absolute atomic E-state index is 0.597. The van der Waals surface area contributed by atoms with Crippen molar-refractivity contribution in [1.29, 1.82) is 0 Å². The van der Waals surface area contributed by atoms with Gasteiger partial charge >= 0.3 is 0 Å². The van der Waals surface area contributed by atoms with E-state index in [0.29, 0.717) is 5.92 Å². The predicted octanol–water partition coefficient (Wildman–Crippen LogP) is 4.33. The number of aromatic nitrogens is 1. The summed E-state index contributed by atoms with van der Waals surface area (Å²) < 4.78 is 0. The van der Waals surface area contributed by atoms with E-state index in [-0.39, 0.29) is 0 Å². The average molecular weight is 209 g/mol. The second-order valence-electron chi connectivity index (χ2n) is 4.29. The lowest BCUT2D eigenvalue weighted by atomic mass is 10.1. The summed E-state index contributed by atoms with van der Waals surface area (Å²) in [5, 5.41) is 1.13. The fourth-order valence-electron chi connectivity index (χ4n) is 1.09. The van der Waals surface area contributed by atoms with Crippen molar-refractivity contribution < 1.29 is 0 Å². The third kappa shape index (κ3) is 3.62. The molecule has 0 radical (unpaired) electrons. The van der Waals surface area contributed by atoms with Crippen LogP contribution < -0.4 is 0 Å². The molecular formula is C12H19NS. The van der Waals surface area contributed by atoms with Gasteiger partial charge in [-0.3, -0.25) is 0 Å². The molecule has 0 N–H and O–H groups in total. The standard InChI is InChI=1S/C12H19NS/c1-9(2)6-5-7-12-13-8-11(14-12)10(3)4/h5,7-10H,6H2,1-4H3/b7-5+. The molecular weight excluding hydrogens is 190 g/mol. The first-order valence-electron chi connectivity index (χ1n) is 5.22. The number of hydrogen-bond donors (Lipinski definition) is 0. The van der Waals surface area contributed by atoms with E-state index in [1.165, 1.54) is 4.88 Å².